The Balaban J connectivity index is 2.25. The van der Waals surface area contributed by atoms with Crippen LogP contribution in [0.4, 0.5) is 11.4 Å². The molecule has 21 heavy (non-hydrogen) atoms. The minimum absolute atomic E-state index is 0.156. The average Bonchev–Trinajstić information content (AvgIpc) is 2.49. The first-order chi connectivity index (χ1) is 10.1. The predicted molar refractivity (Wildman–Crippen MR) is 85.5 cm³/mol. The molecule has 0 aromatic heterocycles. The van der Waals surface area contributed by atoms with Crippen molar-refractivity contribution < 1.29 is 4.92 Å². The van der Waals surface area contributed by atoms with E-state index >= 15 is 0 Å². The maximum absolute atomic E-state index is 11.0. The minimum Gasteiger partial charge on any atom is -0.378 e. The van der Waals surface area contributed by atoms with Crippen LogP contribution in [0.25, 0.3) is 0 Å². The van der Waals surface area contributed by atoms with E-state index in [1.165, 1.54) is 5.56 Å². The van der Waals surface area contributed by atoms with Crippen molar-refractivity contribution in [1.82, 2.24) is 0 Å². The molecule has 0 aliphatic heterocycles. The van der Waals surface area contributed by atoms with Crippen molar-refractivity contribution >= 4 is 11.4 Å². The molecule has 0 aliphatic carbocycles. The zero-order valence-corrected chi connectivity index (χ0v) is 12.4. The Bertz CT molecular complexity index is 611. The first-order valence-corrected chi connectivity index (χ1v) is 7.18. The van der Waals surface area contributed by atoms with Gasteiger partial charge in [0.15, 0.2) is 0 Å². The van der Waals surface area contributed by atoms with Crippen molar-refractivity contribution in [3.05, 3.63) is 69.8 Å². The molecular weight excluding hydrogens is 264 g/mol. The molecule has 0 amide bonds. The van der Waals surface area contributed by atoms with Crippen LogP contribution in [0.1, 0.15) is 36.9 Å². The highest BCUT2D eigenvalue weighted by atomic mass is 16.6. The fraction of sp³-hybridized carbons (Fsp3) is 0.294. The van der Waals surface area contributed by atoms with Crippen LogP contribution in [0.15, 0.2) is 48.5 Å². The summed E-state index contributed by atoms with van der Waals surface area (Å²) in [5, 5.41) is 14.4. The molecule has 110 valence electrons. The second-order valence-corrected chi connectivity index (χ2v) is 5.15. The molecule has 4 heteroatoms. The average molecular weight is 284 g/mol. The molecule has 0 radical (unpaired) electrons. The van der Waals surface area contributed by atoms with Crippen LogP contribution in [0.5, 0.6) is 0 Å². The molecular formula is C17H20N2O2. The number of nitrogens with one attached hydrogen (secondary N) is 1. The van der Waals surface area contributed by atoms with Gasteiger partial charge in [-0.3, -0.25) is 10.1 Å². The fourth-order valence-corrected chi connectivity index (χ4v) is 2.39. The SMILES string of the molecule is CCCC(Nc1ccc(C)c([N+](=O)[O-])c1)c1ccccc1. The standard InChI is InChI=1S/C17H20N2O2/c1-3-7-16(14-8-5-4-6-9-14)18-15-11-10-13(2)17(12-15)19(20)21/h4-6,8-12,16,18H,3,7H2,1-2H3. The maximum atomic E-state index is 11.0. The van der Waals surface area contributed by atoms with Gasteiger partial charge in [-0.2, -0.15) is 0 Å². The first kappa shape index (κ1) is 15.0. The van der Waals surface area contributed by atoms with E-state index in [0.717, 1.165) is 18.5 Å². The van der Waals surface area contributed by atoms with Crippen molar-refractivity contribution in [3.8, 4) is 0 Å². The normalized spacial score (nSPS) is 11.9. The molecule has 2 aromatic carbocycles. The summed E-state index contributed by atoms with van der Waals surface area (Å²) in [4.78, 5) is 10.7. The number of nitro groups is 1. The topological polar surface area (TPSA) is 55.2 Å². The second-order valence-electron chi connectivity index (χ2n) is 5.15. The van der Waals surface area contributed by atoms with Gasteiger partial charge in [0, 0.05) is 17.3 Å². The smallest absolute Gasteiger partial charge is 0.274 e. The summed E-state index contributed by atoms with van der Waals surface area (Å²) in [6, 6.07) is 15.6. The lowest BCUT2D eigenvalue weighted by Crippen LogP contribution is -2.10. The molecule has 2 rings (SSSR count). The number of hydrogen-bond donors (Lipinski definition) is 1. The number of nitro benzene ring substituents is 1. The summed E-state index contributed by atoms with van der Waals surface area (Å²) in [6.45, 7) is 3.89. The van der Waals surface area contributed by atoms with E-state index in [1.54, 1.807) is 19.1 Å². The lowest BCUT2D eigenvalue weighted by Gasteiger charge is -2.20. The summed E-state index contributed by atoms with van der Waals surface area (Å²) in [5.74, 6) is 0. The number of aryl methyl sites for hydroxylation is 1. The summed E-state index contributed by atoms with van der Waals surface area (Å²) in [7, 11) is 0. The molecule has 1 atom stereocenters. The number of anilines is 1. The highest BCUT2D eigenvalue weighted by molar-refractivity contribution is 5.55. The molecule has 1 N–H and O–H groups in total. The van der Waals surface area contributed by atoms with Crippen LogP contribution in [-0.4, -0.2) is 4.92 Å². The Labute approximate surface area is 125 Å². The van der Waals surface area contributed by atoms with Gasteiger partial charge in [-0.15, -0.1) is 0 Å². The molecule has 0 aliphatic rings. The third kappa shape index (κ3) is 3.81. The van der Waals surface area contributed by atoms with Crippen LogP contribution >= 0.6 is 0 Å². The van der Waals surface area contributed by atoms with Crippen LogP contribution in [0, 0.1) is 17.0 Å². The van der Waals surface area contributed by atoms with Crippen molar-refractivity contribution in [2.24, 2.45) is 0 Å². The van der Waals surface area contributed by atoms with Crippen molar-refractivity contribution in [2.75, 3.05) is 5.32 Å². The summed E-state index contributed by atoms with van der Waals surface area (Å²) in [5.41, 5.74) is 2.82. The number of nitrogens with zero attached hydrogens (tertiary/aromatic N) is 1. The van der Waals surface area contributed by atoms with E-state index in [1.807, 2.05) is 24.3 Å². The van der Waals surface area contributed by atoms with Crippen molar-refractivity contribution in [1.29, 1.82) is 0 Å². The largest absolute Gasteiger partial charge is 0.378 e. The summed E-state index contributed by atoms with van der Waals surface area (Å²) < 4.78 is 0. The summed E-state index contributed by atoms with van der Waals surface area (Å²) >= 11 is 0. The van der Waals surface area contributed by atoms with Gasteiger partial charge >= 0.3 is 0 Å². The van der Waals surface area contributed by atoms with Crippen LogP contribution in [0.2, 0.25) is 0 Å². The quantitative estimate of drug-likeness (QED) is 0.609. The second kappa shape index (κ2) is 6.88. The molecule has 1 unspecified atom stereocenters. The summed E-state index contributed by atoms with van der Waals surface area (Å²) in [6.07, 6.45) is 2.02. The van der Waals surface area contributed by atoms with E-state index in [-0.39, 0.29) is 16.7 Å². The number of hydrogen-bond acceptors (Lipinski definition) is 3. The highest BCUT2D eigenvalue weighted by Gasteiger charge is 2.14. The zero-order chi connectivity index (χ0) is 15.2. The predicted octanol–water partition coefficient (Wildman–Crippen LogP) is 4.86. The first-order valence-electron chi connectivity index (χ1n) is 7.18. The Kier molecular flexibility index (Phi) is 4.93. The molecule has 0 bridgehead atoms. The van der Waals surface area contributed by atoms with Gasteiger partial charge < -0.3 is 5.32 Å². The Morgan fingerprint density at radius 3 is 2.52 bits per heavy atom. The third-order valence-corrected chi connectivity index (χ3v) is 3.53. The fourth-order valence-electron chi connectivity index (χ4n) is 2.39. The van der Waals surface area contributed by atoms with Gasteiger partial charge in [-0.05, 0) is 25.0 Å². The molecule has 4 nitrogen and oxygen atoms in total. The highest BCUT2D eigenvalue weighted by Crippen LogP contribution is 2.27. The number of benzene rings is 2. The maximum Gasteiger partial charge on any atom is 0.274 e. The van der Waals surface area contributed by atoms with E-state index < -0.39 is 0 Å². The molecule has 2 aromatic rings. The van der Waals surface area contributed by atoms with E-state index in [2.05, 4.69) is 24.4 Å². The molecule has 0 saturated heterocycles. The van der Waals surface area contributed by atoms with E-state index in [4.69, 9.17) is 0 Å². The third-order valence-electron chi connectivity index (χ3n) is 3.53. The van der Waals surface area contributed by atoms with Gasteiger partial charge in [-0.1, -0.05) is 49.7 Å². The van der Waals surface area contributed by atoms with Crippen LogP contribution in [0.3, 0.4) is 0 Å². The van der Waals surface area contributed by atoms with Crippen LogP contribution < -0.4 is 5.32 Å². The molecule has 0 fully saturated rings. The monoisotopic (exact) mass is 284 g/mol. The van der Waals surface area contributed by atoms with Gasteiger partial charge in [0.25, 0.3) is 5.69 Å². The Hall–Kier alpha value is -2.36. The Morgan fingerprint density at radius 1 is 1.19 bits per heavy atom. The van der Waals surface area contributed by atoms with Gasteiger partial charge in [0.05, 0.1) is 11.0 Å². The molecule has 0 heterocycles. The van der Waals surface area contributed by atoms with Gasteiger partial charge in [-0.25, -0.2) is 0 Å². The van der Waals surface area contributed by atoms with Crippen molar-refractivity contribution in [2.45, 2.75) is 32.7 Å². The van der Waals surface area contributed by atoms with Gasteiger partial charge in [0.2, 0.25) is 0 Å². The van der Waals surface area contributed by atoms with E-state index in [9.17, 15) is 10.1 Å². The van der Waals surface area contributed by atoms with Crippen molar-refractivity contribution in [3.63, 3.8) is 0 Å². The lowest BCUT2D eigenvalue weighted by molar-refractivity contribution is -0.385. The van der Waals surface area contributed by atoms with Gasteiger partial charge in [0.1, 0.15) is 0 Å². The van der Waals surface area contributed by atoms with E-state index in [0.29, 0.717) is 5.56 Å². The molecule has 0 saturated carbocycles. The Morgan fingerprint density at radius 2 is 1.90 bits per heavy atom. The zero-order valence-electron chi connectivity index (χ0n) is 12.4. The minimum atomic E-state index is -0.335. The lowest BCUT2D eigenvalue weighted by atomic mass is 10.0. The van der Waals surface area contributed by atoms with Crippen LogP contribution in [-0.2, 0) is 0 Å². The number of rotatable bonds is 6. The molecule has 0 spiro atoms.